The molecule has 0 spiro atoms. The van der Waals surface area contributed by atoms with Crippen LogP contribution in [0.4, 0.5) is 0 Å². The summed E-state index contributed by atoms with van der Waals surface area (Å²) in [5, 5.41) is 0. The number of ketones is 1. The van der Waals surface area contributed by atoms with E-state index in [1.54, 1.807) is 7.11 Å². The number of hydrogen-bond acceptors (Lipinski definition) is 4. The molecule has 0 radical (unpaired) electrons. The number of ether oxygens (including phenoxy) is 2. The summed E-state index contributed by atoms with van der Waals surface area (Å²) in [6.45, 7) is 4.24. The topological polar surface area (TPSA) is 52.6 Å². The molecule has 0 aliphatic heterocycles. The maximum absolute atomic E-state index is 12.8. The predicted octanol–water partition coefficient (Wildman–Crippen LogP) is 3.13. The monoisotopic (exact) mass is 284 g/mol. The van der Waals surface area contributed by atoms with Crippen molar-refractivity contribution in [2.75, 3.05) is 14.2 Å². The third-order valence-electron chi connectivity index (χ3n) is 4.57. The smallest absolute Gasteiger partial charge is 0.316 e. The normalized spacial score (nSPS) is 27.9. The first-order valence-corrected chi connectivity index (χ1v) is 7.68. The third-order valence-corrected chi connectivity index (χ3v) is 4.57. The molecular formula is C16H28O4. The Balaban J connectivity index is 2.87. The molecular weight excluding hydrogens is 256 g/mol. The van der Waals surface area contributed by atoms with Crippen LogP contribution in [0.15, 0.2) is 0 Å². The Kier molecular flexibility index (Phi) is 6.66. The molecule has 0 amide bonds. The van der Waals surface area contributed by atoms with E-state index in [9.17, 15) is 9.59 Å². The van der Waals surface area contributed by atoms with Crippen molar-refractivity contribution < 1.29 is 19.1 Å². The van der Waals surface area contributed by atoms with Crippen LogP contribution in [0, 0.1) is 11.8 Å². The fourth-order valence-corrected chi connectivity index (χ4v) is 3.00. The molecule has 1 fully saturated rings. The Morgan fingerprint density at radius 3 is 2.30 bits per heavy atom. The van der Waals surface area contributed by atoms with Crippen LogP contribution in [0.25, 0.3) is 0 Å². The van der Waals surface area contributed by atoms with E-state index in [0.717, 1.165) is 25.7 Å². The van der Waals surface area contributed by atoms with Crippen LogP contribution in [0.5, 0.6) is 0 Å². The van der Waals surface area contributed by atoms with Crippen molar-refractivity contribution in [2.24, 2.45) is 11.8 Å². The Hall–Kier alpha value is -0.900. The zero-order valence-corrected chi connectivity index (χ0v) is 13.2. The highest BCUT2D eigenvalue weighted by atomic mass is 16.5. The zero-order valence-electron chi connectivity index (χ0n) is 13.2. The summed E-state index contributed by atoms with van der Waals surface area (Å²) < 4.78 is 10.4. The molecule has 1 rings (SSSR count). The number of methoxy groups -OCH3 is 2. The van der Waals surface area contributed by atoms with Crippen molar-refractivity contribution in [2.45, 2.75) is 64.4 Å². The van der Waals surface area contributed by atoms with Gasteiger partial charge in [-0.25, -0.2) is 0 Å². The highest BCUT2D eigenvalue weighted by Gasteiger charge is 2.46. The summed E-state index contributed by atoms with van der Waals surface area (Å²) in [5.41, 5.74) is -0.779. The van der Waals surface area contributed by atoms with Gasteiger partial charge in [-0.1, -0.05) is 26.7 Å². The fraction of sp³-hybridized carbons (Fsp3) is 0.875. The summed E-state index contributed by atoms with van der Waals surface area (Å²) in [5.74, 6) is -0.544. The van der Waals surface area contributed by atoms with E-state index >= 15 is 0 Å². The Labute approximate surface area is 122 Å². The molecule has 1 unspecified atom stereocenters. The van der Waals surface area contributed by atoms with Gasteiger partial charge in [0.1, 0.15) is 11.5 Å². The van der Waals surface area contributed by atoms with Crippen molar-refractivity contribution in [3.63, 3.8) is 0 Å². The molecule has 0 heterocycles. The van der Waals surface area contributed by atoms with E-state index < -0.39 is 17.5 Å². The minimum absolute atomic E-state index is 0.0767. The van der Waals surface area contributed by atoms with E-state index in [2.05, 4.69) is 6.92 Å². The van der Waals surface area contributed by atoms with E-state index in [1.807, 2.05) is 6.92 Å². The second kappa shape index (κ2) is 7.77. The molecule has 1 atom stereocenters. The standard InChI is InChI=1S/C16H28O4/c1-5-6-7-13(15(18)19-3)14(17)16(20-4)10-8-12(2)9-11-16/h12-13H,5-11H2,1-4H3. The lowest BCUT2D eigenvalue weighted by Crippen LogP contribution is -2.49. The molecule has 4 heteroatoms. The predicted molar refractivity (Wildman–Crippen MR) is 77.4 cm³/mol. The van der Waals surface area contributed by atoms with Crippen LogP contribution in [-0.2, 0) is 19.1 Å². The lowest BCUT2D eigenvalue weighted by atomic mass is 9.73. The summed E-state index contributed by atoms with van der Waals surface area (Å²) in [7, 11) is 2.93. The molecule has 0 aromatic rings. The van der Waals surface area contributed by atoms with Crippen molar-refractivity contribution in [1.29, 1.82) is 0 Å². The maximum atomic E-state index is 12.8. The molecule has 20 heavy (non-hydrogen) atoms. The number of Topliss-reactive ketones (excluding diaryl/α,β-unsaturated/α-hetero) is 1. The largest absolute Gasteiger partial charge is 0.468 e. The number of carbonyl (C=O) groups is 2. The highest BCUT2D eigenvalue weighted by molar-refractivity contribution is 6.03. The summed E-state index contributed by atoms with van der Waals surface area (Å²) in [6.07, 6.45) is 5.73. The molecule has 116 valence electrons. The SMILES string of the molecule is CCCCC(C(=O)OC)C(=O)C1(OC)CCC(C)CC1. The molecule has 0 aromatic carbocycles. The van der Waals surface area contributed by atoms with Gasteiger partial charge in [-0.3, -0.25) is 9.59 Å². The summed E-state index contributed by atoms with van der Waals surface area (Å²) >= 11 is 0. The van der Waals surface area contributed by atoms with Gasteiger partial charge in [0.25, 0.3) is 0 Å². The van der Waals surface area contributed by atoms with Crippen molar-refractivity contribution in [3.05, 3.63) is 0 Å². The van der Waals surface area contributed by atoms with E-state index in [4.69, 9.17) is 9.47 Å². The molecule has 0 saturated heterocycles. The average Bonchev–Trinajstić information content (AvgIpc) is 2.48. The van der Waals surface area contributed by atoms with Gasteiger partial charge < -0.3 is 9.47 Å². The Bertz CT molecular complexity index is 329. The fourth-order valence-electron chi connectivity index (χ4n) is 3.00. The Morgan fingerprint density at radius 2 is 1.85 bits per heavy atom. The van der Waals surface area contributed by atoms with Crippen molar-refractivity contribution in [1.82, 2.24) is 0 Å². The molecule has 1 saturated carbocycles. The van der Waals surface area contributed by atoms with Crippen LogP contribution >= 0.6 is 0 Å². The summed E-state index contributed by atoms with van der Waals surface area (Å²) in [6, 6.07) is 0. The second-order valence-corrected chi connectivity index (χ2v) is 5.96. The lowest BCUT2D eigenvalue weighted by Gasteiger charge is -2.38. The zero-order chi connectivity index (χ0) is 15.2. The third kappa shape index (κ3) is 3.81. The number of unbranched alkanes of at least 4 members (excludes halogenated alkanes) is 1. The van der Waals surface area contributed by atoms with Gasteiger partial charge in [-0.2, -0.15) is 0 Å². The van der Waals surface area contributed by atoms with Gasteiger partial charge in [0.15, 0.2) is 5.78 Å². The number of rotatable bonds is 7. The van der Waals surface area contributed by atoms with Crippen LogP contribution in [0.3, 0.4) is 0 Å². The van der Waals surface area contributed by atoms with Gasteiger partial charge in [-0.05, 0) is 38.0 Å². The second-order valence-electron chi connectivity index (χ2n) is 5.96. The first-order chi connectivity index (χ1) is 9.50. The van der Waals surface area contributed by atoms with Crippen molar-refractivity contribution >= 4 is 11.8 Å². The van der Waals surface area contributed by atoms with Gasteiger partial charge in [0.2, 0.25) is 0 Å². The van der Waals surface area contributed by atoms with Gasteiger partial charge in [-0.15, -0.1) is 0 Å². The maximum Gasteiger partial charge on any atom is 0.316 e. The quantitative estimate of drug-likeness (QED) is 0.532. The van der Waals surface area contributed by atoms with Crippen LogP contribution < -0.4 is 0 Å². The average molecular weight is 284 g/mol. The van der Waals surface area contributed by atoms with Gasteiger partial charge >= 0.3 is 5.97 Å². The van der Waals surface area contributed by atoms with Crippen LogP contribution in [0.2, 0.25) is 0 Å². The van der Waals surface area contributed by atoms with E-state index in [1.165, 1.54) is 7.11 Å². The molecule has 1 aliphatic carbocycles. The molecule has 1 aliphatic rings. The lowest BCUT2D eigenvalue weighted by molar-refractivity contribution is -0.161. The molecule has 0 N–H and O–H groups in total. The van der Waals surface area contributed by atoms with Crippen LogP contribution in [-0.4, -0.2) is 31.6 Å². The van der Waals surface area contributed by atoms with Gasteiger partial charge in [0, 0.05) is 7.11 Å². The first-order valence-electron chi connectivity index (χ1n) is 7.68. The minimum atomic E-state index is -0.779. The molecule has 0 bridgehead atoms. The Morgan fingerprint density at radius 1 is 1.25 bits per heavy atom. The minimum Gasteiger partial charge on any atom is -0.468 e. The molecule has 4 nitrogen and oxygen atoms in total. The number of esters is 1. The van der Waals surface area contributed by atoms with Crippen LogP contribution in [0.1, 0.15) is 58.8 Å². The van der Waals surface area contributed by atoms with E-state index in [0.29, 0.717) is 25.2 Å². The molecule has 0 aromatic heterocycles. The highest BCUT2D eigenvalue weighted by Crippen LogP contribution is 2.37. The number of hydrogen-bond donors (Lipinski definition) is 0. The van der Waals surface area contributed by atoms with E-state index in [-0.39, 0.29) is 5.78 Å². The number of carbonyl (C=O) groups excluding carboxylic acids is 2. The summed E-state index contributed by atoms with van der Waals surface area (Å²) in [4.78, 5) is 24.8. The first kappa shape index (κ1) is 17.2. The van der Waals surface area contributed by atoms with Gasteiger partial charge in [0.05, 0.1) is 7.11 Å². The van der Waals surface area contributed by atoms with Crippen molar-refractivity contribution in [3.8, 4) is 0 Å².